The molecular weight excluding hydrogens is 765 g/mol. The molecule has 354 valence electrons. The zero-order chi connectivity index (χ0) is 44.9. The van der Waals surface area contributed by atoms with Crippen molar-refractivity contribution in [2.75, 3.05) is 19.8 Å². The number of ether oxygens (including phenoxy) is 3. The van der Waals surface area contributed by atoms with Gasteiger partial charge in [0.05, 0.1) is 6.61 Å². The van der Waals surface area contributed by atoms with Gasteiger partial charge in [0.15, 0.2) is 6.10 Å². The van der Waals surface area contributed by atoms with Gasteiger partial charge in [0.1, 0.15) is 6.61 Å². The third-order valence-electron chi connectivity index (χ3n) is 10.6. The number of allylic oxidation sites excluding steroid dienone is 16. The van der Waals surface area contributed by atoms with Crippen LogP contribution in [0.5, 0.6) is 0 Å². The second-order valence-corrected chi connectivity index (χ2v) is 16.7. The Labute approximate surface area is 383 Å². The Morgan fingerprint density at radius 2 is 0.742 bits per heavy atom. The molecule has 5 heteroatoms. The van der Waals surface area contributed by atoms with E-state index >= 15 is 0 Å². The highest BCUT2D eigenvalue weighted by molar-refractivity contribution is 5.70. The van der Waals surface area contributed by atoms with Gasteiger partial charge in [0.25, 0.3) is 0 Å². The number of hydrogen-bond donors (Lipinski definition) is 0. The van der Waals surface area contributed by atoms with E-state index in [1.54, 1.807) is 0 Å². The van der Waals surface area contributed by atoms with Crippen molar-refractivity contribution in [3.8, 4) is 0 Å². The van der Waals surface area contributed by atoms with Crippen LogP contribution in [0.1, 0.15) is 226 Å². The Hall–Kier alpha value is -3.18. The molecule has 0 aromatic heterocycles. The summed E-state index contributed by atoms with van der Waals surface area (Å²) in [5.41, 5.74) is 0. The molecular formula is C57H96O5. The van der Waals surface area contributed by atoms with Crippen molar-refractivity contribution < 1.29 is 23.8 Å². The molecule has 0 saturated heterocycles. The van der Waals surface area contributed by atoms with Crippen LogP contribution in [0, 0.1) is 0 Å². The number of carbonyl (C=O) groups excluding carboxylic acids is 2. The van der Waals surface area contributed by atoms with E-state index in [0.717, 1.165) is 89.9 Å². The fraction of sp³-hybridized carbons (Fsp3) is 0.684. The van der Waals surface area contributed by atoms with Gasteiger partial charge in [-0.1, -0.05) is 195 Å². The Bertz CT molecular complexity index is 1200. The first-order valence-electron chi connectivity index (χ1n) is 25.8. The van der Waals surface area contributed by atoms with Crippen LogP contribution in [0.25, 0.3) is 0 Å². The third-order valence-corrected chi connectivity index (χ3v) is 10.6. The predicted molar refractivity (Wildman–Crippen MR) is 270 cm³/mol. The maximum atomic E-state index is 12.8. The molecule has 0 aliphatic carbocycles. The van der Waals surface area contributed by atoms with E-state index in [4.69, 9.17) is 14.2 Å². The molecule has 62 heavy (non-hydrogen) atoms. The van der Waals surface area contributed by atoms with E-state index in [0.29, 0.717) is 19.4 Å². The molecule has 0 radical (unpaired) electrons. The quantitative estimate of drug-likeness (QED) is 0.0347. The molecule has 1 unspecified atom stereocenters. The molecule has 0 aromatic rings. The monoisotopic (exact) mass is 861 g/mol. The van der Waals surface area contributed by atoms with Gasteiger partial charge in [0, 0.05) is 19.4 Å². The van der Waals surface area contributed by atoms with Gasteiger partial charge in [0.2, 0.25) is 0 Å². The maximum absolute atomic E-state index is 12.8. The Balaban J connectivity index is 4.41. The number of esters is 2. The highest BCUT2D eigenvalue weighted by atomic mass is 16.6. The highest BCUT2D eigenvalue weighted by Crippen LogP contribution is 2.12. The molecule has 0 aliphatic rings. The lowest BCUT2D eigenvalue weighted by atomic mass is 10.1. The summed E-state index contributed by atoms with van der Waals surface area (Å²) in [5.74, 6) is -0.486. The van der Waals surface area contributed by atoms with Gasteiger partial charge < -0.3 is 14.2 Å². The van der Waals surface area contributed by atoms with Crippen molar-refractivity contribution in [1.29, 1.82) is 0 Å². The summed E-state index contributed by atoms with van der Waals surface area (Å²) in [5, 5.41) is 0. The Kier molecular flexibility index (Phi) is 49.5. The zero-order valence-electron chi connectivity index (χ0n) is 40.6. The van der Waals surface area contributed by atoms with Crippen LogP contribution in [0.3, 0.4) is 0 Å². The molecule has 0 heterocycles. The molecule has 0 bridgehead atoms. The molecule has 0 amide bonds. The van der Waals surface area contributed by atoms with Crippen LogP contribution in [-0.4, -0.2) is 37.9 Å². The molecule has 0 aliphatic heterocycles. The first-order chi connectivity index (χ1) is 30.6. The van der Waals surface area contributed by atoms with Crippen molar-refractivity contribution in [2.45, 2.75) is 232 Å². The second-order valence-electron chi connectivity index (χ2n) is 16.7. The van der Waals surface area contributed by atoms with Crippen molar-refractivity contribution in [1.82, 2.24) is 0 Å². The number of unbranched alkanes of at least 4 members (excludes halogenated alkanes) is 19. The van der Waals surface area contributed by atoms with Gasteiger partial charge in [-0.2, -0.15) is 0 Å². The molecule has 0 spiro atoms. The first-order valence-corrected chi connectivity index (χ1v) is 25.8. The SMILES string of the molecule is CC/C=C\C/C=C\C/C=C\C/C=C\C/C=C\CCCC(=O)OCC(COCCCCCCCC/C=C\CCCCCC)OC(=O)CCCCCCC/C=C\C/C=C\CCCCC. The lowest BCUT2D eigenvalue weighted by Gasteiger charge is -2.18. The van der Waals surface area contributed by atoms with Crippen LogP contribution in [-0.2, 0) is 23.8 Å². The summed E-state index contributed by atoms with van der Waals surface area (Å²) in [4.78, 5) is 25.4. The Morgan fingerprint density at radius 1 is 0.371 bits per heavy atom. The van der Waals surface area contributed by atoms with Crippen LogP contribution >= 0.6 is 0 Å². The van der Waals surface area contributed by atoms with Gasteiger partial charge >= 0.3 is 11.9 Å². The normalized spacial score (nSPS) is 13.0. The summed E-state index contributed by atoms with van der Waals surface area (Å²) in [6.07, 6.45) is 69.9. The van der Waals surface area contributed by atoms with Crippen LogP contribution in [0.4, 0.5) is 0 Å². The van der Waals surface area contributed by atoms with E-state index in [2.05, 4.69) is 118 Å². The minimum atomic E-state index is -0.574. The van der Waals surface area contributed by atoms with Crippen LogP contribution in [0.15, 0.2) is 97.2 Å². The number of carbonyl (C=O) groups is 2. The summed E-state index contributed by atoms with van der Waals surface area (Å²) in [6.45, 7) is 7.58. The van der Waals surface area contributed by atoms with Crippen LogP contribution < -0.4 is 0 Å². The van der Waals surface area contributed by atoms with Crippen molar-refractivity contribution in [2.24, 2.45) is 0 Å². The van der Waals surface area contributed by atoms with Crippen molar-refractivity contribution >= 4 is 11.9 Å². The van der Waals surface area contributed by atoms with Gasteiger partial charge in [-0.25, -0.2) is 0 Å². The topological polar surface area (TPSA) is 61.8 Å². The fourth-order valence-corrected chi connectivity index (χ4v) is 6.75. The average Bonchev–Trinajstić information content (AvgIpc) is 3.27. The van der Waals surface area contributed by atoms with Crippen LogP contribution in [0.2, 0.25) is 0 Å². The smallest absolute Gasteiger partial charge is 0.306 e. The van der Waals surface area contributed by atoms with Crippen molar-refractivity contribution in [3.63, 3.8) is 0 Å². The lowest BCUT2D eigenvalue weighted by Crippen LogP contribution is -2.30. The molecule has 0 rings (SSSR count). The third kappa shape index (κ3) is 49.5. The highest BCUT2D eigenvalue weighted by Gasteiger charge is 2.17. The first kappa shape index (κ1) is 58.8. The minimum Gasteiger partial charge on any atom is -0.462 e. The predicted octanol–water partition coefficient (Wildman–Crippen LogP) is 17.5. The molecule has 0 saturated carbocycles. The minimum absolute atomic E-state index is 0.0432. The van der Waals surface area contributed by atoms with E-state index in [1.165, 1.54) is 103 Å². The van der Waals surface area contributed by atoms with Gasteiger partial charge in [-0.05, 0) is 116 Å². The molecule has 1 atom stereocenters. The summed E-state index contributed by atoms with van der Waals surface area (Å²) in [7, 11) is 0. The molecule has 0 N–H and O–H groups in total. The fourth-order valence-electron chi connectivity index (χ4n) is 6.75. The van der Waals surface area contributed by atoms with E-state index in [-0.39, 0.29) is 25.2 Å². The second kappa shape index (κ2) is 52.2. The van der Waals surface area contributed by atoms with E-state index in [9.17, 15) is 9.59 Å². The molecule has 0 fully saturated rings. The standard InChI is InChI=1S/C57H96O5/c1-4-7-10-13-16-19-22-25-28-29-31-32-35-38-41-44-47-50-56(58)61-54-55(53-60-52-49-46-43-40-37-34-27-24-21-18-15-12-9-6-3)62-57(59)51-48-45-42-39-36-33-30-26-23-20-17-14-11-8-5-2/h7,10,16-17,19-21,24-26,28,30-32,38,41,55H,4-6,8-9,11-15,18,22-23,27,29,33-37,39-40,42-54H2,1-3H3/b10-7-,19-16-,20-17-,24-21-,28-25-,30-26-,32-31-,41-38-. The Morgan fingerprint density at radius 3 is 1.26 bits per heavy atom. The average molecular weight is 861 g/mol. The van der Waals surface area contributed by atoms with Crippen molar-refractivity contribution in [3.05, 3.63) is 97.2 Å². The lowest BCUT2D eigenvalue weighted by molar-refractivity contribution is -0.163. The summed E-state index contributed by atoms with van der Waals surface area (Å²) < 4.78 is 17.3. The summed E-state index contributed by atoms with van der Waals surface area (Å²) in [6, 6.07) is 0. The maximum Gasteiger partial charge on any atom is 0.306 e. The molecule has 5 nitrogen and oxygen atoms in total. The number of rotatable bonds is 46. The van der Waals surface area contributed by atoms with Gasteiger partial charge in [-0.15, -0.1) is 0 Å². The summed E-state index contributed by atoms with van der Waals surface area (Å²) >= 11 is 0. The number of hydrogen-bond acceptors (Lipinski definition) is 5. The molecule has 0 aromatic carbocycles. The largest absolute Gasteiger partial charge is 0.462 e. The van der Waals surface area contributed by atoms with E-state index in [1.807, 2.05) is 0 Å². The van der Waals surface area contributed by atoms with E-state index < -0.39 is 6.10 Å². The zero-order valence-corrected chi connectivity index (χ0v) is 40.6. The van der Waals surface area contributed by atoms with Gasteiger partial charge in [-0.3, -0.25) is 9.59 Å².